The molecule has 1 heterocycles. The third kappa shape index (κ3) is 6.27. The number of imidazole rings is 1. The van der Waals surface area contributed by atoms with Crippen molar-refractivity contribution < 1.29 is 23.7 Å². The van der Waals surface area contributed by atoms with Crippen molar-refractivity contribution in [1.82, 2.24) is 14.9 Å². The van der Waals surface area contributed by atoms with Crippen molar-refractivity contribution >= 4 is 28.5 Å². The first-order valence-electron chi connectivity index (χ1n) is 11.9. The number of carbonyl (C=O) groups is 1. The molecule has 9 heteroatoms. The third-order valence-corrected chi connectivity index (χ3v) is 6.18. The molecule has 0 atom stereocenters. The Balaban J connectivity index is 1.42. The Morgan fingerprint density at radius 3 is 2.32 bits per heavy atom. The molecular weight excluding hydrogens is 494 g/mol. The Labute approximate surface area is 221 Å². The fourth-order valence-corrected chi connectivity index (χ4v) is 4.20. The van der Waals surface area contributed by atoms with Gasteiger partial charge in [0.15, 0.2) is 11.5 Å². The van der Waals surface area contributed by atoms with Crippen LogP contribution in [0.4, 0.5) is 0 Å². The molecule has 0 bridgehead atoms. The first-order chi connectivity index (χ1) is 18.0. The lowest BCUT2D eigenvalue weighted by atomic mass is 10.1. The van der Waals surface area contributed by atoms with Gasteiger partial charge in [0.2, 0.25) is 5.75 Å². The van der Waals surface area contributed by atoms with Crippen LogP contribution in [0.1, 0.15) is 29.0 Å². The van der Waals surface area contributed by atoms with Gasteiger partial charge in [-0.2, -0.15) is 0 Å². The molecule has 0 saturated carbocycles. The molecule has 0 aliphatic rings. The van der Waals surface area contributed by atoms with Gasteiger partial charge in [-0.25, -0.2) is 4.98 Å². The number of halogens is 1. The summed E-state index contributed by atoms with van der Waals surface area (Å²) in [5, 5.41) is 3.66. The van der Waals surface area contributed by atoms with Crippen LogP contribution < -0.4 is 24.3 Å². The Bertz CT molecular complexity index is 1330. The first-order valence-corrected chi connectivity index (χ1v) is 12.3. The topological polar surface area (TPSA) is 83.8 Å². The molecule has 4 aromatic rings. The van der Waals surface area contributed by atoms with E-state index < -0.39 is 0 Å². The van der Waals surface area contributed by atoms with Gasteiger partial charge < -0.3 is 28.8 Å². The standard InChI is InChI=1S/C28H30ClN3O5/c1-34-24-16-19(17-25(35-2)27(24)36-3)28(33)30-18-26-31-22-8-4-5-9-23(22)32(26)14-6-7-15-37-21-12-10-20(29)11-13-21/h4-5,8-13,16-17H,6-7,14-15,18H2,1-3H3,(H,30,33). The number of fused-ring (bicyclic) bond motifs is 1. The van der Waals surface area contributed by atoms with E-state index in [0.29, 0.717) is 34.4 Å². The lowest BCUT2D eigenvalue weighted by molar-refractivity contribution is 0.0948. The molecule has 0 fully saturated rings. The highest BCUT2D eigenvalue weighted by atomic mass is 35.5. The number of aromatic nitrogens is 2. The van der Waals surface area contributed by atoms with Gasteiger partial charge in [0.25, 0.3) is 5.91 Å². The molecule has 0 spiro atoms. The highest BCUT2D eigenvalue weighted by Crippen LogP contribution is 2.38. The summed E-state index contributed by atoms with van der Waals surface area (Å²) in [6.45, 7) is 1.62. The Hall–Kier alpha value is -3.91. The highest BCUT2D eigenvalue weighted by Gasteiger charge is 2.18. The summed E-state index contributed by atoms with van der Waals surface area (Å²) in [7, 11) is 4.55. The van der Waals surface area contributed by atoms with Gasteiger partial charge in [-0.05, 0) is 61.4 Å². The van der Waals surface area contributed by atoms with Crippen molar-refractivity contribution in [3.63, 3.8) is 0 Å². The fraction of sp³-hybridized carbons (Fsp3) is 0.286. The van der Waals surface area contributed by atoms with Crippen LogP contribution in [-0.4, -0.2) is 43.4 Å². The Morgan fingerprint density at radius 2 is 1.65 bits per heavy atom. The predicted molar refractivity (Wildman–Crippen MR) is 143 cm³/mol. The maximum atomic E-state index is 13.0. The molecule has 0 radical (unpaired) electrons. The number of rotatable bonds is 12. The SMILES string of the molecule is COc1cc(C(=O)NCc2nc3ccccc3n2CCCCOc2ccc(Cl)cc2)cc(OC)c1OC. The second-order valence-corrected chi connectivity index (χ2v) is 8.71. The molecule has 1 amide bonds. The average molecular weight is 524 g/mol. The number of benzene rings is 3. The van der Waals surface area contributed by atoms with E-state index in [1.807, 2.05) is 48.5 Å². The van der Waals surface area contributed by atoms with Gasteiger partial charge in [-0.1, -0.05) is 23.7 Å². The number of nitrogens with zero attached hydrogens (tertiary/aromatic N) is 2. The molecular formula is C28H30ClN3O5. The maximum absolute atomic E-state index is 13.0. The minimum absolute atomic E-state index is 0.269. The van der Waals surface area contributed by atoms with Gasteiger partial charge in [-0.15, -0.1) is 0 Å². The summed E-state index contributed by atoms with van der Waals surface area (Å²) in [5.74, 6) is 2.58. The number of ether oxygens (including phenoxy) is 4. The van der Waals surface area contributed by atoms with Crippen LogP contribution in [-0.2, 0) is 13.1 Å². The largest absolute Gasteiger partial charge is 0.494 e. The van der Waals surface area contributed by atoms with Crippen molar-refractivity contribution in [2.75, 3.05) is 27.9 Å². The van der Waals surface area contributed by atoms with Crippen molar-refractivity contribution in [3.8, 4) is 23.0 Å². The molecule has 0 unspecified atom stereocenters. The van der Waals surface area contributed by atoms with E-state index in [1.165, 1.54) is 21.3 Å². The molecule has 1 N–H and O–H groups in total. The molecule has 194 valence electrons. The first kappa shape index (κ1) is 26.2. The molecule has 0 aliphatic carbocycles. The van der Waals surface area contributed by atoms with E-state index in [-0.39, 0.29) is 12.5 Å². The van der Waals surface area contributed by atoms with Gasteiger partial charge in [0.1, 0.15) is 11.6 Å². The van der Waals surface area contributed by atoms with Crippen LogP contribution in [0.5, 0.6) is 23.0 Å². The molecule has 37 heavy (non-hydrogen) atoms. The van der Waals surface area contributed by atoms with Gasteiger partial charge in [0, 0.05) is 17.1 Å². The van der Waals surface area contributed by atoms with Gasteiger partial charge in [-0.3, -0.25) is 4.79 Å². The van der Waals surface area contributed by atoms with E-state index in [1.54, 1.807) is 12.1 Å². The number of aryl methyl sites for hydroxylation is 1. The minimum atomic E-state index is -0.269. The van der Waals surface area contributed by atoms with Crippen LogP contribution in [0.15, 0.2) is 60.7 Å². The van der Waals surface area contributed by atoms with Crippen molar-refractivity contribution in [3.05, 3.63) is 77.1 Å². The maximum Gasteiger partial charge on any atom is 0.251 e. The van der Waals surface area contributed by atoms with E-state index in [0.717, 1.165) is 42.0 Å². The summed E-state index contributed by atoms with van der Waals surface area (Å²) in [4.78, 5) is 17.8. The van der Waals surface area contributed by atoms with E-state index in [2.05, 4.69) is 9.88 Å². The van der Waals surface area contributed by atoms with Crippen molar-refractivity contribution in [2.45, 2.75) is 25.9 Å². The number of methoxy groups -OCH3 is 3. The molecule has 3 aromatic carbocycles. The second kappa shape index (κ2) is 12.4. The van der Waals surface area contributed by atoms with Crippen LogP contribution in [0, 0.1) is 0 Å². The normalized spacial score (nSPS) is 10.8. The summed E-state index contributed by atoms with van der Waals surface area (Å²) >= 11 is 5.93. The summed E-state index contributed by atoms with van der Waals surface area (Å²) < 4.78 is 24.0. The molecule has 8 nitrogen and oxygen atoms in total. The number of unbranched alkanes of at least 4 members (excludes halogenated alkanes) is 1. The number of hydrogen-bond acceptors (Lipinski definition) is 6. The van der Waals surface area contributed by atoms with Gasteiger partial charge in [0.05, 0.1) is 45.5 Å². The summed E-state index contributed by atoms with van der Waals surface area (Å²) in [5.41, 5.74) is 2.31. The number of amides is 1. The van der Waals surface area contributed by atoms with E-state index in [4.69, 9.17) is 35.5 Å². The number of para-hydroxylation sites is 2. The Morgan fingerprint density at radius 1 is 0.946 bits per heavy atom. The molecule has 0 aliphatic heterocycles. The summed E-state index contributed by atoms with van der Waals surface area (Å²) in [6.07, 6.45) is 1.76. The monoisotopic (exact) mass is 523 g/mol. The van der Waals surface area contributed by atoms with Crippen LogP contribution in [0.2, 0.25) is 5.02 Å². The lowest BCUT2D eigenvalue weighted by Gasteiger charge is -2.14. The Kier molecular flexibility index (Phi) is 8.74. The van der Waals surface area contributed by atoms with Crippen LogP contribution >= 0.6 is 11.6 Å². The second-order valence-electron chi connectivity index (χ2n) is 8.27. The zero-order valence-corrected chi connectivity index (χ0v) is 21.9. The number of nitrogens with one attached hydrogen (secondary N) is 1. The van der Waals surface area contributed by atoms with Crippen LogP contribution in [0.25, 0.3) is 11.0 Å². The fourth-order valence-electron chi connectivity index (χ4n) is 4.08. The lowest BCUT2D eigenvalue weighted by Crippen LogP contribution is -2.25. The van der Waals surface area contributed by atoms with Crippen molar-refractivity contribution in [2.24, 2.45) is 0 Å². The van der Waals surface area contributed by atoms with Gasteiger partial charge >= 0.3 is 0 Å². The quantitative estimate of drug-likeness (QED) is 0.247. The molecule has 0 saturated heterocycles. The predicted octanol–water partition coefficient (Wildman–Crippen LogP) is 5.50. The number of hydrogen-bond donors (Lipinski definition) is 1. The van der Waals surface area contributed by atoms with E-state index in [9.17, 15) is 4.79 Å². The highest BCUT2D eigenvalue weighted by molar-refractivity contribution is 6.30. The van der Waals surface area contributed by atoms with Crippen molar-refractivity contribution in [1.29, 1.82) is 0 Å². The zero-order valence-electron chi connectivity index (χ0n) is 21.1. The average Bonchev–Trinajstić information content (AvgIpc) is 3.28. The molecule has 4 rings (SSSR count). The minimum Gasteiger partial charge on any atom is -0.494 e. The summed E-state index contributed by atoms with van der Waals surface area (Å²) in [6, 6.07) is 18.6. The zero-order chi connectivity index (χ0) is 26.2. The van der Waals surface area contributed by atoms with Crippen LogP contribution in [0.3, 0.4) is 0 Å². The number of carbonyl (C=O) groups excluding carboxylic acids is 1. The van der Waals surface area contributed by atoms with E-state index >= 15 is 0 Å². The molecule has 1 aromatic heterocycles. The smallest absolute Gasteiger partial charge is 0.251 e. The third-order valence-electron chi connectivity index (χ3n) is 5.93.